The molecule has 1 saturated heterocycles. The summed E-state index contributed by atoms with van der Waals surface area (Å²) in [6.45, 7) is 0. The maximum absolute atomic E-state index is 12.3. The van der Waals surface area contributed by atoms with Crippen LogP contribution in [0.3, 0.4) is 0 Å². The number of hydrogen-bond acceptors (Lipinski definition) is 6. The van der Waals surface area contributed by atoms with Crippen LogP contribution in [0.25, 0.3) is 6.08 Å². The summed E-state index contributed by atoms with van der Waals surface area (Å²) in [6, 6.07) is 6.35. The molecule has 1 amide bonds. The number of likely N-dealkylation sites (N-methyl/N-ethyl adjacent to an activating group) is 1. The lowest BCUT2D eigenvalue weighted by Crippen LogP contribution is -2.23. The molecule has 0 atom stereocenters. The summed E-state index contributed by atoms with van der Waals surface area (Å²) in [6.07, 6.45) is 3.38. The molecule has 0 spiro atoms. The summed E-state index contributed by atoms with van der Waals surface area (Å²) < 4.78 is 0. The summed E-state index contributed by atoms with van der Waals surface area (Å²) in [7, 11) is 1.66. The van der Waals surface area contributed by atoms with Gasteiger partial charge in [0.25, 0.3) is 5.91 Å². The molecular weight excluding hydrogens is 334 g/mol. The minimum absolute atomic E-state index is 0.146. The molecule has 2 aromatic rings. The maximum Gasteiger partial charge on any atom is 0.335 e. The lowest BCUT2D eigenvalue weighted by atomic mass is 10.1. The van der Waals surface area contributed by atoms with Gasteiger partial charge in [0.1, 0.15) is 0 Å². The molecular formula is C15H11N3O3S2. The Morgan fingerprint density at radius 2 is 2.09 bits per heavy atom. The number of amides is 1. The molecule has 3 rings (SSSR count). The van der Waals surface area contributed by atoms with Crippen molar-refractivity contribution in [2.45, 2.75) is 0 Å². The Morgan fingerprint density at radius 1 is 1.35 bits per heavy atom. The molecule has 1 fully saturated rings. The van der Waals surface area contributed by atoms with Gasteiger partial charge in [-0.2, -0.15) is 4.99 Å². The number of thioether (sulfide) groups is 1. The molecule has 1 aliphatic heterocycles. The van der Waals surface area contributed by atoms with E-state index in [1.165, 1.54) is 40.1 Å². The second-order valence-corrected chi connectivity index (χ2v) is 6.49. The van der Waals surface area contributed by atoms with E-state index in [4.69, 9.17) is 5.11 Å². The number of carbonyl (C=O) groups excluding carboxylic acids is 1. The molecule has 0 unspecified atom stereocenters. The topological polar surface area (TPSA) is 82.9 Å². The van der Waals surface area contributed by atoms with Crippen LogP contribution >= 0.6 is 23.1 Å². The van der Waals surface area contributed by atoms with Crippen LogP contribution in [-0.4, -0.2) is 39.1 Å². The van der Waals surface area contributed by atoms with E-state index in [1.54, 1.807) is 31.5 Å². The normalized spacial score (nSPS) is 18.1. The van der Waals surface area contributed by atoms with Crippen molar-refractivity contribution < 1.29 is 14.7 Å². The maximum atomic E-state index is 12.3. The zero-order valence-corrected chi connectivity index (χ0v) is 13.6. The number of benzene rings is 1. The highest BCUT2D eigenvalue weighted by Crippen LogP contribution is 2.33. The Kier molecular flexibility index (Phi) is 4.26. The number of aliphatic imine (C=N–C) groups is 1. The van der Waals surface area contributed by atoms with E-state index >= 15 is 0 Å². The lowest BCUT2D eigenvalue weighted by molar-refractivity contribution is -0.121. The zero-order valence-electron chi connectivity index (χ0n) is 12.0. The Hall–Kier alpha value is -2.45. The largest absolute Gasteiger partial charge is 0.478 e. The summed E-state index contributed by atoms with van der Waals surface area (Å²) >= 11 is 2.67. The minimum Gasteiger partial charge on any atom is -0.478 e. The number of hydrogen-bond donors (Lipinski definition) is 1. The van der Waals surface area contributed by atoms with Crippen molar-refractivity contribution in [1.29, 1.82) is 0 Å². The number of thiazole rings is 1. The van der Waals surface area contributed by atoms with Gasteiger partial charge in [0, 0.05) is 18.6 Å². The number of carboxylic acid groups (broad SMARTS) is 1. The van der Waals surface area contributed by atoms with Gasteiger partial charge in [-0.25, -0.2) is 9.78 Å². The van der Waals surface area contributed by atoms with Crippen LogP contribution in [-0.2, 0) is 4.79 Å². The predicted molar refractivity (Wildman–Crippen MR) is 90.9 cm³/mol. The van der Waals surface area contributed by atoms with Crippen LogP contribution in [0.15, 0.2) is 45.7 Å². The average molecular weight is 345 g/mol. The number of rotatable bonds is 3. The van der Waals surface area contributed by atoms with E-state index in [0.29, 0.717) is 15.2 Å². The van der Waals surface area contributed by atoms with Gasteiger partial charge in [-0.3, -0.25) is 9.69 Å². The van der Waals surface area contributed by atoms with Gasteiger partial charge in [0.05, 0.1) is 10.5 Å². The monoisotopic (exact) mass is 345 g/mol. The molecule has 8 heteroatoms. The summed E-state index contributed by atoms with van der Waals surface area (Å²) in [5, 5.41) is 11.9. The van der Waals surface area contributed by atoms with Crippen LogP contribution in [0.2, 0.25) is 0 Å². The molecule has 0 aliphatic carbocycles. The first kappa shape index (κ1) is 15.4. The fourth-order valence-corrected chi connectivity index (χ4v) is 3.41. The van der Waals surface area contributed by atoms with E-state index in [9.17, 15) is 9.59 Å². The first-order valence-electron chi connectivity index (χ1n) is 6.54. The smallest absolute Gasteiger partial charge is 0.335 e. The number of aromatic nitrogens is 1. The fourth-order valence-electron chi connectivity index (χ4n) is 1.88. The molecule has 6 nitrogen and oxygen atoms in total. The van der Waals surface area contributed by atoms with Crippen molar-refractivity contribution in [3.8, 4) is 0 Å². The SMILES string of the molecule is CN1C(=O)/C(=C/c2ccc(C(=O)O)cc2)SC1=Nc1nccs1. The molecule has 0 bridgehead atoms. The lowest BCUT2D eigenvalue weighted by Gasteiger charge is -2.05. The van der Waals surface area contributed by atoms with Crippen LogP contribution in [0.1, 0.15) is 15.9 Å². The van der Waals surface area contributed by atoms with Gasteiger partial charge in [-0.05, 0) is 35.5 Å². The van der Waals surface area contributed by atoms with Crippen LogP contribution in [0.4, 0.5) is 5.13 Å². The summed E-state index contributed by atoms with van der Waals surface area (Å²) in [5.41, 5.74) is 0.968. The third kappa shape index (κ3) is 3.33. The van der Waals surface area contributed by atoms with E-state index in [1.807, 2.05) is 5.38 Å². The van der Waals surface area contributed by atoms with Gasteiger partial charge in [0.2, 0.25) is 5.13 Å². The average Bonchev–Trinajstić information content (AvgIpc) is 3.13. The quantitative estimate of drug-likeness (QED) is 0.865. The van der Waals surface area contributed by atoms with E-state index < -0.39 is 5.97 Å². The predicted octanol–water partition coefficient (Wildman–Crippen LogP) is 3.08. The van der Waals surface area contributed by atoms with E-state index in [0.717, 1.165) is 5.56 Å². The van der Waals surface area contributed by atoms with E-state index in [-0.39, 0.29) is 11.5 Å². The van der Waals surface area contributed by atoms with Crippen molar-refractivity contribution in [2.24, 2.45) is 4.99 Å². The molecule has 116 valence electrons. The molecule has 1 aliphatic rings. The zero-order chi connectivity index (χ0) is 16.4. The molecule has 2 heterocycles. The third-order valence-corrected chi connectivity index (χ3v) is 4.79. The van der Waals surface area contributed by atoms with Crippen LogP contribution < -0.4 is 0 Å². The van der Waals surface area contributed by atoms with Crippen molar-refractivity contribution in [3.63, 3.8) is 0 Å². The standard InChI is InChI=1S/C15H11N3O3S2/c1-18-12(19)11(23-15(18)17-14-16-6-7-22-14)8-9-2-4-10(5-3-9)13(20)21/h2-8H,1H3,(H,20,21)/b11-8-,17-15?. The molecule has 23 heavy (non-hydrogen) atoms. The highest BCUT2D eigenvalue weighted by molar-refractivity contribution is 8.18. The Bertz CT molecular complexity index is 811. The molecule has 1 N–H and O–H groups in total. The van der Waals surface area contributed by atoms with Gasteiger partial charge in [0.15, 0.2) is 5.17 Å². The number of aromatic carboxylic acids is 1. The van der Waals surface area contributed by atoms with Crippen molar-refractivity contribution >= 4 is 51.4 Å². The molecule has 1 aromatic carbocycles. The minimum atomic E-state index is -0.979. The van der Waals surface area contributed by atoms with Gasteiger partial charge in [-0.15, -0.1) is 11.3 Å². The van der Waals surface area contributed by atoms with Crippen molar-refractivity contribution in [3.05, 3.63) is 51.9 Å². The highest BCUT2D eigenvalue weighted by Gasteiger charge is 2.30. The second kappa shape index (κ2) is 6.35. The van der Waals surface area contributed by atoms with E-state index in [2.05, 4.69) is 9.98 Å². The number of carboxylic acids is 1. The number of amidine groups is 1. The fraction of sp³-hybridized carbons (Fsp3) is 0.0667. The number of carbonyl (C=O) groups is 2. The van der Waals surface area contributed by atoms with Crippen LogP contribution in [0.5, 0.6) is 0 Å². The number of nitrogens with zero attached hydrogens (tertiary/aromatic N) is 3. The van der Waals surface area contributed by atoms with Crippen molar-refractivity contribution in [2.75, 3.05) is 7.05 Å². The molecule has 0 radical (unpaired) electrons. The van der Waals surface area contributed by atoms with Gasteiger partial charge < -0.3 is 5.11 Å². The Labute approximate surface area is 140 Å². The Balaban J connectivity index is 1.85. The summed E-state index contributed by atoms with van der Waals surface area (Å²) in [4.78, 5) is 33.6. The third-order valence-electron chi connectivity index (χ3n) is 3.07. The van der Waals surface area contributed by atoms with Gasteiger partial charge in [-0.1, -0.05) is 12.1 Å². The molecule has 0 saturated carbocycles. The molecule has 1 aromatic heterocycles. The highest BCUT2D eigenvalue weighted by atomic mass is 32.2. The second-order valence-electron chi connectivity index (χ2n) is 4.61. The first-order chi connectivity index (χ1) is 11.0. The Morgan fingerprint density at radius 3 is 2.70 bits per heavy atom. The summed E-state index contributed by atoms with van der Waals surface area (Å²) in [5.74, 6) is -1.12. The van der Waals surface area contributed by atoms with Crippen LogP contribution in [0, 0.1) is 0 Å². The first-order valence-corrected chi connectivity index (χ1v) is 8.23. The van der Waals surface area contributed by atoms with Crippen molar-refractivity contribution in [1.82, 2.24) is 9.88 Å². The van der Waals surface area contributed by atoms with Gasteiger partial charge >= 0.3 is 5.97 Å².